The van der Waals surface area contributed by atoms with Crippen LogP contribution in [0.15, 0.2) is 18.5 Å². The van der Waals surface area contributed by atoms with Gasteiger partial charge in [-0.3, -0.25) is 9.78 Å². The van der Waals surface area contributed by atoms with Gasteiger partial charge in [0.2, 0.25) is 0 Å². The first-order chi connectivity index (χ1) is 10.1. The lowest BCUT2D eigenvalue weighted by Gasteiger charge is -2.33. The number of carbonyl (C=O) groups is 1. The molecule has 0 spiro atoms. The zero-order valence-electron chi connectivity index (χ0n) is 14.4. The molecular formula is C17H28N2O3. The van der Waals surface area contributed by atoms with Crippen molar-refractivity contribution in [2.24, 2.45) is 11.3 Å². The molecule has 0 saturated heterocycles. The summed E-state index contributed by atoms with van der Waals surface area (Å²) in [4.78, 5) is 16.3. The van der Waals surface area contributed by atoms with E-state index < -0.39 is 11.5 Å². The molecule has 124 valence electrons. The highest BCUT2D eigenvalue weighted by Gasteiger charge is 2.30. The second-order valence-corrected chi connectivity index (χ2v) is 6.94. The highest BCUT2D eigenvalue weighted by molar-refractivity contribution is 5.94. The molecular weight excluding hydrogens is 280 g/mol. The van der Waals surface area contributed by atoms with Gasteiger partial charge in [0.05, 0.1) is 24.0 Å². The first kappa shape index (κ1) is 18.4. The van der Waals surface area contributed by atoms with Crippen LogP contribution in [0.4, 0.5) is 0 Å². The van der Waals surface area contributed by atoms with Gasteiger partial charge in [-0.2, -0.15) is 0 Å². The molecule has 1 atom stereocenters. The minimum absolute atomic E-state index is 0.0280. The van der Waals surface area contributed by atoms with Gasteiger partial charge in [0, 0.05) is 18.2 Å². The van der Waals surface area contributed by atoms with Crippen molar-refractivity contribution >= 4 is 5.91 Å². The quantitative estimate of drug-likeness (QED) is 0.812. The fourth-order valence-corrected chi connectivity index (χ4v) is 2.30. The molecule has 0 fully saturated rings. The molecule has 1 rings (SSSR count). The number of hydrogen-bond acceptors (Lipinski definition) is 4. The van der Waals surface area contributed by atoms with E-state index in [4.69, 9.17) is 4.74 Å². The number of nitrogens with zero attached hydrogens (tertiary/aromatic N) is 1. The molecule has 0 bridgehead atoms. The minimum atomic E-state index is -0.485. The van der Waals surface area contributed by atoms with E-state index in [1.54, 1.807) is 12.3 Å². The maximum atomic E-state index is 12.2. The Labute approximate surface area is 133 Å². The monoisotopic (exact) mass is 308 g/mol. The fourth-order valence-electron chi connectivity index (χ4n) is 2.30. The summed E-state index contributed by atoms with van der Waals surface area (Å²) in [7, 11) is 0. The Morgan fingerprint density at radius 1 is 1.32 bits per heavy atom. The van der Waals surface area contributed by atoms with Crippen LogP contribution in [0, 0.1) is 11.3 Å². The van der Waals surface area contributed by atoms with E-state index in [0.717, 1.165) is 0 Å². The first-order valence-electron chi connectivity index (χ1n) is 7.71. The van der Waals surface area contributed by atoms with Crippen LogP contribution in [0.25, 0.3) is 0 Å². The third kappa shape index (κ3) is 5.30. The third-order valence-corrected chi connectivity index (χ3v) is 3.48. The van der Waals surface area contributed by atoms with Crippen LogP contribution in [0.1, 0.15) is 51.9 Å². The van der Waals surface area contributed by atoms with Gasteiger partial charge in [0.25, 0.3) is 5.91 Å². The lowest BCUT2D eigenvalue weighted by atomic mass is 9.80. The van der Waals surface area contributed by atoms with Crippen LogP contribution in [0.5, 0.6) is 5.75 Å². The predicted octanol–water partition coefficient (Wildman–Crippen LogP) is 2.64. The normalized spacial score (nSPS) is 13.3. The van der Waals surface area contributed by atoms with Crippen LogP contribution in [0.3, 0.4) is 0 Å². The van der Waals surface area contributed by atoms with Crippen molar-refractivity contribution in [2.75, 3.05) is 6.54 Å². The summed E-state index contributed by atoms with van der Waals surface area (Å²) in [5.74, 6) is 0.492. The molecule has 1 amide bonds. The van der Waals surface area contributed by atoms with Gasteiger partial charge >= 0.3 is 0 Å². The molecule has 0 aromatic carbocycles. The van der Waals surface area contributed by atoms with Gasteiger partial charge in [0.15, 0.2) is 0 Å². The number of nitrogens with one attached hydrogen (secondary N) is 1. The van der Waals surface area contributed by atoms with Gasteiger partial charge in [-0.1, -0.05) is 27.7 Å². The average molecular weight is 308 g/mol. The van der Waals surface area contributed by atoms with Crippen molar-refractivity contribution in [3.8, 4) is 5.75 Å². The molecule has 0 saturated carbocycles. The van der Waals surface area contributed by atoms with Crippen LogP contribution >= 0.6 is 0 Å². The topological polar surface area (TPSA) is 71.5 Å². The number of carbonyl (C=O) groups excluding carboxylic acids is 1. The summed E-state index contributed by atoms with van der Waals surface area (Å²) in [6, 6.07) is 1.67. The van der Waals surface area contributed by atoms with Gasteiger partial charge in [-0.25, -0.2) is 0 Å². The van der Waals surface area contributed by atoms with E-state index in [-0.39, 0.29) is 17.9 Å². The lowest BCUT2D eigenvalue weighted by molar-refractivity contribution is 0.0138. The van der Waals surface area contributed by atoms with Gasteiger partial charge in [-0.15, -0.1) is 0 Å². The Kier molecular flexibility index (Phi) is 6.35. The Morgan fingerprint density at radius 2 is 1.95 bits per heavy atom. The van der Waals surface area contributed by atoms with Crippen LogP contribution in [-0.2, 0) is 0 Å². The number of ether oxygens (including phenoxy) is 1. The Morgan fingerprint density at radius 3 is 2.50 bits per heavy atom. The number of pyridine rings is 1. The standard InChI is InChI=1S/C17H28N2O3/c1-11(2)15(20)17(5,6)10-19-16(21)13-7-14(9-18-8-13)22-12(3)4/h7-9,11-12,15,20H,10H2,1-6H3,(H,19,21). The van der Waals surface area contributed by atoms with Crippen molar-refractivity contribution in [1.82, 2.24) is 10.3 Å². The summed E-state index contributed by atoms with van der Waals surface area (Å²) in [6.45, 7) is 12.0. The molecule has 22 heavy (non-hydrogen) atoms. The maximum Gasteiger partial charge on any atom is 0.253 e. The molecule has 0 radical (unpaired) electrons. The minimum Gasteiger partial charge on any atom is -0.489 e. The van der Waals surface area contributed by atoms with E-state index in [9.17, 15) is 9.90 Å². The van der Waals surface area contributed by atoms with Crippen molar-refractivity contribution in [2.45, 2.75) is 53.8 Å². The number of aliphatic hydroxyl groups is 1. The van der Waals surface area contributed by atoms with E-state index in [0.29, 0.717) is 17.9 Å². The first-order valence-corrected chi connectivity index (χ1v) is 7.71. The Hall–Kier alpha value is -1.62. The Balaban J connectivity index is 2.69. The summed E-state index contributed by atoms with van der Waals surface area (Å²) in [5.41, 5.74) is 0.0523. The third-order valence-electron chi connectivity index (χ3n) is 3.48. The molecule has 0 aliphatic rings. The molecule has 0 aliphatic heterocycles. The van der Waals surface area contributed by atoms with Crippen LogP contribution < -0.4 is 10.1 Å². The van der Waals surface area contributed by atoms with E-state index in [2.05, 4.69) is 10.3 Å². The zero-order chi connectivity index (χ0) is 16.9. The predicted molar refractivity (Wildman–Crippen MR) is 87.0 cm³/mol. The second-order valence-electron chi connectivity index (χ2n) is 6.94. The summed E-state index contributed by atoms with van der Waals surface area (Å²) < 4.78 is 5.54. The van der Waals surface area contributed by atoms with Crippen LogP contribution in [-0.4, -0.2) is 34.8 Å². The fraction of sp³-hybridized carbons (Fsp3) is 0.647. The van der Waals surface area contributed by atoms with Crippen molar-refractivity contribution < 1.29 is 14.6 Å². The van der Waals surface area contributed by atoms with Crippen molar-refractivity contribution in [3.05, 3.63) is 24.0 Å². The average Bonchev–Trinajstić information content (AvgIpc) is 2.43. The lowest BCUT2D eigenvalue weighted by Crippen LogP contribution is -2.43. The van der Waals surface area contributed by atoms with Gasteiger partial charge < -0.3 is 15.2 Å². The Bertz CT molecular complexity index is 498. The van der Waals surface area contributed by atoms with E-state index >= 15 is 0 Å². The molecule has 0 aliphatic carbocycles. The van der Waals surface area contributed by atoms with Crippen molar-refractivity contribution in [3.63, 3.8) is 0 Å². The summed E-state index contributed by atoms with van der Waals surface area (Å²) in [5, 5.41) is 13.1. The number of hydrogen-bond donors (Lipinski definition) is 2. The SMILES string of the molecule is CC(C)Oc1cncc(C(=O)NCC(C)(C)C(O)C(C)C)c1. The molecule has 5 nitrogen and oxygen atoms in total. The second kappa shape index (κ2) is 7.58. The largest absolute Gasteiger partial charge is 0.489 e. The van der Waals surface area contributed by atoms with E-state index in [1.165, 1.54) is 6.20 Å². The van der Waals surface area contributed by atoms with Crippen LogP contribution in [0.2, 0.25) is 0 Å². The van der Waals surface area contributed by atoms with E-state index in [1.807, 2.05) is 41.5 Å². The number of rotatable bonds is 7. The molecule has 1 heterocycles. The molecule has 1 aromatic heterocycles. The van der Waals surface area contributed by atoms with Gasteiger partial charge in [0.1, 0.15) is 5.75 Å². The molecule has 1 aromatic rings. The van der Waals surface area contributed by atoms with Crippen molar-refractivity contribution in [1.29, 1.82) is 0 Å². The maximum absolute atomic E-state index is 12.2. The molecule has 5 heteroatoms. The highest BCUT2D eigenvalue weighted by atomic mass is 16.5. The number of aliphatic hydroxyl groups excluding tert-OH is 1. The number of amides is 1. The summed E-state index contributed by atoms with van der Waals surface area (Å²) in [6.07, 6.45) is 2.64. The smallest absolute Gasteiger partial charge is 0.253 e. The number of aromatic nitrogens is 1. The molecule has 2 N–H and O–H groups in total. The van der Waals surface area contributed by atoms with Gasteiger partial charge in [-0.05, 0) is 25.8 Å². The molecule has 1 unspecified atom stereocenters. The highest BCUT2D eigenvalue weighted by Crippen LogP contribution is 2.25. The zero-order valence-corrected chi connectivity index (χ0v) is 14.4. The summed E-state index contributed by atoms with van der Waals surface area (Å²) >= 11 is 0.